The molecule has 0 radical (unpaired) electrons. The molecular formula is C22H19ClN2O7. The molecule has 1 aliphatic heterocycles. The van der Waals surface area contributed by atoms with Crippen molar-refractivity contribution in [3.8, 4) is 11.5 Å². The molecule has 0 amide bonds. The molecule has 0 N–H and O–H groups in total. The summed E-state index contributed by atoms with van der Waals surface area (Å²) in [7, 11) is 0. The van der Waals surface area contributed by atoms with E-state index in [4.69, 9.17) is 25.8 Å². The number of hydrogen-bond donors (Lipinski definition) is 0. The number of carbonyl (C=O) groups is 2. The number of carbonyl (C=O) groups excluding carboxylic acids is 2. The van der Waals surface area contributed by atoms with Crippen molar-refractivity contribution in [3.05, 3.63) is 68.4 Å². The van der Waals surface area contributed by atoms with Gasteiger partial charge < -0.3 is 14.2 Å². The summed E-state index contributed by atoms with van der Waals surface area (Å²) >= 11 is 5.82. The average Bonchev–Trinajstić information content (AvgIpc) is 3.10. The number of halogens is 1. The number of nitro benzene ring substituents is 1. The Labute approximate surface area is 188 Å². The SMILES string of the molecule is CCCC(=O)Oc1ccc(C=C2N=C(c3ccc(Cl)c([N+](=O)[O-])c3)OC2=O)cc1OCC. The third-order valence-electron chi connectivity index (χ3n) is 4.26. The molecule has 0 unspecified atom stereocenters. The Morgan fingerprint density at radius 1 is 1.22 bits per heavy atom. The summed E-state index contributed by atoms with van der Waals surface area (Å²) < 4.78 is 16.0. The standard InChI is InChI=1S/C22H19ClN2O7/c1-3-5-20(26)31-18-9-6-13(11-19(18)30-4-2)10-16-22(27)32-21(24-16)14-7-8-15(23)17(12-14)25(28)29/h6-12H,3-5H2,1-2H3. The van der Waals surface area contributed by atoms with Gasteiger partial charge in [-0.05, 0) is 49.2 Å². The normalized spacial score (nSPS) is 14.2. The van der Waals surface area contributed by atoms with Crippen molar-refractivity contribution in [1.82, 2.24) is 0 Å². The number of benzene rings is 2. The summed E-state index contributed by atoms with van der Waals surface area (Å²) in [4.78, 5) is 38.7. The zero-order chi connectivity index (χ0) is 23.3. The fraction of sp³-hybridized carbons (Fsp3) is 0.227. The van der Waals surface area contributed by atoms with E-state index in [0.717, 1.165) is 0 Å². The highest BCUT2D eigenvalue weighted by molar-refractivity contribution is 6.32. The highest BCUT2D eigenvalue weighted by Gasteiger charge is 2.26. The van der Waals surface area contributed by atoms with E-state index < -0.39 is 10.9 Å². The topological polar surface area (TPSA) is 117 Å². The molecule has 0 aromatic heterocycles. The van der Waals surface area contributed by atoms with Crippen LogP contribution in [0, 0.1) is 10.1 Å². The van der Waals surface area contributed by atoms with E-state index in [1.54, 1.807) is 25.1 Å². The van der Waals surface area contributed by atoms with E-state index in [1.165, 1.54) is 24.3 Å². The molecule has 0 bridgehead atoms. The van der Waals surface area contributed by atoms with Gasteiger partial charge in [0.25, 0.3) is 5.69 Å². The van der Waals surface area contributed by atoms with Gasteiger partial charge in [-0.25, -0.2) is 9.79 Å². The van der Waals surface area contributed by atoms with E-state index in [-0.39, 0.29) is 46.0 Å². The van der Waals surface area contributed by atoms with Crippen LogP contribution in [0.4, 0.5) is 5.69 Å². The highest BCUT2D eigenvalue weighted by atomic mass is 35.5. The number of rotatable bonds is 8. The smallest absolute Gasteiger partial charge is 0.363 e. The van der Waals surface area contributed by atoms with Crippen molar-refractivity contribution >= 4 is 41.2 Å². The Kier molecular flexibility index (Phi) is 7.21. The fourth-order valence-corrected chi connectivity index (χ4v) is 3.01. The van der Waals surface area contributed by atoms with Crippen LogP contribution in [-0.4, -0.2) is 29.4 Å². The Hall–Kier alpha value is -3.72. The Morgan fingerprint density at radius 2 is 2.00 bits per heavy atom. The summed E-state index contributed by atoms with van der Waals surface area (Å²) in [6, 6.07) is 8.80. The molecule has 0 saturated heterocycles. The molecule has 0 spiro atoms. The number of aliphatic imine (C=N–C) groups is 1. The molecule has 0 aliphatic carbocycles. The van der Waals surface area contributed by atoms with Gasteiger partial charge in [0.15, 0.2) is 17.2 Å². The third kappa shape index (κ3) is 5.30. The first-order valence-electron chi connectivity index (χ1n) is 9.76. The molecule has 2 aromatic carbocycles. The fourth-order valence-electron chi connectivity index (χ4n) is 2.82. The lowest BCUT2D eigenvalue weighted by Gasteiger charge is -2.11. The van der Waals surface area contributed by atoms with Crippen molar-refractivity contribution in [2.45, 2.75) is 26.7 Å². The van der Waals surface area contributed by atoms with E-state index in [1.807, 2.05) is 6.92 Å². The summed E-state index contributed by atoms with van der Waals surface area (Å²) in [5, 5.41) is 11.1. The van der Waals surface area contributed by atoms with Gasteiger partial charge in [0.1, 0.15) is 5.02 Å². The summed E-state index contributed by atoms with van der Waals surface area (Å²) in [5.41, 5.74) is 0.472. The Morgan fingerprint density at radius 3 is 2.69 bits per heavy atom. The van der Waals surface area contributed by atoms with Crippen LogP contribution in [0.2, 0.25) is 5.02 Å². The van der Waals surface area contributed by atoms with Gasteiger partial charge in [-0.15, -0.1) is 0 Å². The maximum atomic E-state index is 12.3. The molecule has 2 aromatic rings. The number of hydrogen-bond acceptors (Lipinski definition) is 8. The molecule has 1 heterocycles. The molecular weight excluding hydrogens is 440 g/mol. The molecule has 1 aliphatic rings. The quantitative estimate of drug-likeness (QED) is 0.185. The molecule has 0 saturated carbocycles. The lowest BCUT2D eigenvalue weighted by Crippen LogP contribution is -2.08. The van der Waals surface area contributed by atoms with Gasteiger partial charge in [0.05, 0.1) is 11.5 Å². The second-order valence-corrected chi connectivity index (χ2v) is 7.03. The van der Waals surface area contributed by atoms with Gasteiger partial charge in [-0.3, -0.25) is 14.9 Å². The van der Waals surface area contributed by atoms with Crippen molar-refractivity contribution in [2.75, 3.05) is 6.61 Å². The van der Waals surface area contributed by atoms with E-state index in [9.17, 15) is 19.7 Å². The zero-order valence-electron chi connectivity index (χ0n) is 17.3. The van der Waals surface area contributed by atoms with Crippen LogP contribution in [0.5, 0.6) is 11.5 Å². The minimum Gasteiger partial charge on any atom is -0.490 e. The number of nitrogens with zero attached hydrogens (tertiary/aromatic N) is 2. The molecule has 10 heteroatoms. The van der Waals surface area contributed by atoms with Crippen LogP contribution in [0.3, 0.4) is 0 Å². The average molecular weight is 459 g/mol. The van der Waals surface area contributed by atoms with Crippen molar-refractivity contribution < 1.29 is 28.7 Å². The van der Waals surface area contributed by atoms with E-state index >= 15 is 0 Å². The second-order valence-electron chi connectivity index (χ2n) is 6.62. The minimum absolute atomic E-state index is 0.00391. The predicted octanol–water partition coefficient (Wildman–Crippen LogP) is 4.70. The number of cyclic esters (lactones) is 1. The van der Waals surface area contributed by atoms with Crippen molar-refractivity contribution in [2.24, 2.45) is 4.99 Å². The van der Waals surface area contributed by atoms with Gasteiger partial charge in [-0.2, -0.15) is 0 Å². The van der Waals surface area contributed by atoms with Gasteiger partial charge in [0, 0.05) is 18.1 Å². The summed E-state index contributed by atoms with van der Waals surface area (Å²) in [5.74, 6) is -0.537. The van der Waals surface area contributed by atoms with Gasteiger partial charge in [0.2, 0.25) is 5.90 Å². The van der Waals surface area contributed by atoms with Crippen LogP contribution in [0.15, 0.2) is 47.1 Å². The number of ether oxygens (including phenoxy) is 3. The zero-order valence-corrected chi connectivity index (χ0v) is 18.0. The van der Waals surface area contributed by atoms with E-state index in [2.05, 4.69) is 4.99 Å². The molecule has 166 valence electrons. The first kappa shape index (κ1) is 23.0. The van der Waals surface area contributed by atoms with Gasteiger partial charge in [-0.1, -0.05) is 24.6 Å². The highest BCUT2D eigenvalue weighted by Crippen LogP contribution is 2.31. The second kappa shape index (κ2) is 10.1. The van der Waals surface area contributed by atoms with Crippen LogP contribution >= 0.6 is 11.6 Å². The first-order valence-corrected chi connectivity index (χ1v) is 10.1. The lowest BCUT2D eigenvalue weighted by molar-refractivity contribution is -0.384. The molecule has 0 fully saturated rings. The van der Waals surface area contributed by atoms with Crippen LogP contribution in [0.1, 0.15) is 37.8 Å². The van der Waals surface area contributed by atoms with Crippen LogP contribution in [0.25, 0.3) is 6.08 Å². The van der Waals surface area contributed by atoms with Crippen LogP contribution in [-0.2, 0) is 14.3 Å². The molecule has 0 atom stereocenters. The summed E-state index contributed by atoms with van der Waals surface area (Å²) in [6.45, 7) is 4.01. The molecule has 9 nitrogen and oxygen atoms in total. The van der Waals surface area contributed by atoms with Crippen molar-refractivity contribution in [1.29, 1.82) is 0 Å². The lowest BCUT2D eigenvalue weighted by atomic mass is 10.1. The van der Waals surface area contributed by atoms with E-state index in [0.29, 0.717) is 24.3 Å². The van der Waals surface area contributed by atoms with Crippen molar-refractivity contribution in [3.63, 3.8) is 0 Å². The monoisotopic (exact) mass is 458 g/mol. The molecule has 32 heavy (non-hydrogen) atoms. The number of esters is 2. The summed E-state index contributed by atoms with van der Waals surface area (Å²) in [6.07, 6.45) is 2.41. The molecule has 3 rings (SSSR count). The first-order chi connectivity index (χ1) is 15.3. The maximum absolute atomic E-state index is 12.3. The predicted molar refractivity (Wildman–Crippen MR) is 117 cm³/mol. The third-order valence-corrected chi connectivity index (χ3v) is 4.58. The number of nitro groups is 1. The minimum atomic E-state index is -0.714. The van der Waals surface area contributed by atoms with Gasteiger partial charge >= 0.3 is 11.9 Å². The maximum Gasteiger partial charge on any atom is 0.363 e. The van der Waals surface area contributed by atoms with Crippen LogP contribution < -0.4 is 9.47 Å². The Bertz CT molecular complexity index is 1140. The Balaban J connectivity index is 1.90. The largest absolute Gasteiger partial charge is 0.490 e.